The molecule has 0 amide bonds. The monoisotopic (exact) mass is 382 g/mol. The molecule has 0 saturated heterocycles. The van der Waals surface area contributed by atoms with Crippen molar-refractivity contribution in [2.24, 2.45) is 0 Å². The molecular formula is C21H22N2O5. The number of para-hydroxylation sites is 1. The first-order chi connectivity index (χ1) is 13.3. The third-order valence-corrected chi connectivity index (χ3v) is 5.87. The number of non-ortho nitro benzene ring substituents is 1. The Kier molecular flexibility index (Phi) is 3.82. The number of fused-ring (bicyclic) bond motifs is 2. The molecule has 0 bridgehead atoms. The second kappa shape index (κ2) is 5.89. The highest BCUT2D eigenvalue weighted by atomic mass is 16.6. The van der Waals surface area contributed by atoms with Crippen LogP contribution in [-0.2, 0) is 5.41 Å². The molecular weight excluding hydrogens is 360 g/mol. The van der Waals surface area contributed by atoms with E-state index in [1.54, 1.807) is 7.11 Å². The summed E-state index contributed by atoms with van der Waals surface area (Å²) in [5.74, 6) is 1.59. The van der Waals surface area contributed by atoms with Gasteiger partial charge in [-0.1, -0.05) is 12.1 Å². The molecule has 1 spiro atoms. The topological polar surface area (TPSA) is 74.1 Å². The minimum absolute atomic E-state index is 0.0382. The third-order valence-electron chi connectivity index (χ3n) is 5.87. The quantitative estimate of drug-likeness (QED) is 0.587. The summed E-state index contributed by atoms with van der Waals surface area (Å²) in [5, 5.41) is 11.2. The summed E-state index contributed by atoms with van der Waals surface area (Å²) in [4.78, 5) is 12.9. The largest absolute Gasteiger partial charge is 0.495 e. The van der Waals surface area contributed by atoms with Crippen molar-refractivity contribution in [3.8, 4) is 17.2 Å². The van der Waals surface area contributed by atoms with E-state index >= 15 is 0 Å². The van der Waals surface area contributed by atoms with Crippen LogP contribution in [0.4, 0.5) is 11.4 Å². The average molecular weight is 382 g/mol. The maximum absolute atomic E-state index is 11.2. The number of nitro groups is 1. The third kappa shape index (κ3) is 2.16. The minimum atomic E-state index is -0.833. The lowest BCUT2D eigenvalue weighted by atomic mass is 9.76. The Bertz CT molecular complexity index is 1010. The molecule has 2 aromatic carbocycles. The van der Waals surface area contributed by atoms with E-state index in [-0.39, 0.29) is 5.69 Å². The maximum Gasteiger partial charge on any atom is 0.274 e. The lowest BCUT2D eigenvalue weighted by molar-refractivity contribution is -0.385. The minimum Gasteiger partial charge on any atom is -0.495 e. The SMILES string of the molecule is COc1cc([N+](=O)[O-])cc2c1OC1(C=C2)N(C)c2c(OC)cccc2C1(C)C. The Labute approximate surface area is 163 Å². The molecule has 0 aliphatic carbocycles. The van der Waals surface area contributed by atoms with Crippen LogP contribution in [0.1, 0.15) is 25.0 Å². The lowest BCUT2D eigenvalue weighted by Gasteiger charge is -2.45. The zero-order valence-electron chi connectivity index (χ0n) is 16.5. The average Bonchev–Trinajstić information content (AvgIpc) is 2.85. The Morgan fingerprint density at radius 3 is 2.50 bits per heavy atom. The molecule has 1 unspecified atom stereocenters. The van der Waals surface area contributed by atoms with Crippen LogP contribution in [0, 0.1) is 10.1 Å². The molecule has 2 aliphatic heterocycles. The number of hydrogen-bond acceptors (Lipinski definition) is 6. The number of nitrogens with zero attached hydrogens (tertiary/aromatic N) is 2. The van der Waals surface area contributed by atoms with Crippen LogP contribution >= 0.6 is 0 Å². The summed E-state index contributed by atoms with van der Waals surface area (Å²) >= 11 is 0. The highest BCUT2D eigenvalue weighted by Gasteiger charge is 2.59. The van der Waals surface area contributed by atoms with Gasteiger partial charge in [-0.05, 0) is 37.6 Å². The van der Waals surface area contributed by atoms with Crippen molar-refractivity contribution in [3.63, 3.8) is 0 Å². The molecule has 2 heterocycles. The van der Waals surface area contributed by atoms with Crippen molar-refractivity contribution in [1.82, 2.24) is 0 Å². The van der Waals surface area contributed by atoms with Gasteiger partial charge in [-0.15, -0.1) is 0 Å². The highest BCUT2D eigenvalue weighted by molar-refractivity contribution is 5.78. The van der Waals surface area contributed by atoms with Gasteiger partial charge in [-0.25, -0.2) is 0 Å². The van der Waals surface area contributed by atoms with E-state index in [1.165, 1.54) is 19.2 Å². The summed E-state index contributed by atoms with van der Waals surface area (Å²) < 4.78 is 17.6. The Balaban J connectivity index is 1.91. The molecule has 0 fully saturated rings. The van der Waals surface area contributed by atoms with E-state index in [1.807, 2.05) is 31.3 Å². The number of anilines is 1. The van der Waals surface area contributed by atoms with Gasteiger partial charge in [0.25, 0.3) is 5.69 Å². The molecule has 1 atom stereocenters. The van der Waals surface area contributed by atoms with Crippen molar-refractivity contribution >= 4 is 17.5 Å². The van der Waals surface area contributed by atoms with Crippen LogP contribution in [0.15, 0.2) is 36.4 Å². The molecule has 2 aliphatic rings. The molecule has 0 saturated carbocycles. The fourth-order valence-corrected chi connectivity index (χ4v) is 4.32. The first-order valence-corrected chi connectivity index (χ1v) is 8.93. The van der Waals surface area contributed by atoms with E-state index in [0.29, 0.717) is 17.1 Å². The number of benzene rings is 2. The number of nitro benzene ring substituents is 1. The fraction of sp³-hybridized carbons (Fsp3) is 0.333. The smallest absolute Gasteiger partial charge is 0.274 e. The number of likely N-dealkylation sites (N-methyl/N-ethyl adjacent to an activating group) is 1. The Morgan fingerprint density at radius 1 is 1.14 bits per heavy atom. The van der Waals surface area contributed by atoms with Gasteiger partial charge in [0.05, 0.1) is 36.3 Å². The molecule has 28 heavy (non-hydrogen) atoms. The molecule has 0 N–H and O–H groups in total. The summed E-state index contributed by atoms with van der Waals surface area (Å²) in [7, 11) is 5.09. The standard InChI is InChI=1S/C21H22N2O5/c1-20(2)15-7-6-8-16(26-4)18(15)22(3)21(20)10-9-13-11-14(23(24)25)12-17(27-5)19(13)28-21/h6-12H,1-5H3. The van der Waals surface area contributed by atoms with Crippen molar-refractivity contribution in [3.05, 3.63) is 57.6 Å². The molecule has 0 radical (unpaired) electrons. The van der Waals surface area contributed by atoms with Gasteiger partial charge in [0.15, 0.2) is 11.5 Å². The fourth-order valence-electron chi connectivity index (χ4n) is 4.32. The van der Waals surface area contributed by atoms with Crippen molar-refractivity contribution in [1.29, 1.82) is 0 Å². The van der Waals surface area contributed by atoms with E-state index in [9.17, 15) is 10.1 Å². The first kappa shape index (κ1) is 18.2. The first-order valence-electron chi connectivity index (χ1n) is 8.93. The summed E-state index contributed by atoms with van der Waals surface area (Å²) in [6.45, 7) is 4.23. The molecule has 0 aromatic heterocycles. The number of hydrogen-bond donors (Lipinski definition) is 0. The van der Waals surface area contributed by atoms with Gasteiger partial charge in [-0.2, -0.15) is 0 Å². The van der Waals surface area contributed by atoms with Crippen LogP contribution in [0.5, 0.6) is 17.2 Å². The van der Waals surface area contributed by atoms with Crippen molar-refractivity contribution in [2.45, 2.75) is 25.0 Å². The van der Waals surface area contributed by atoms with Crippen molar-refractivity contribution in [2.75, 3.05) is 26.2 Å². The normalized spacial score (nSPS) is 21.1. The van der Waals surface area contributed by atoms with Crippen LogP contribution in [-0.4, -0.2) is 31.9 Å². The predicted octanol–water partition coefficient (Wildman–Crippen LogP) is 4.14. The maximum atomic E-state index is 11.2. The lowest BCUT2D eigenvalue weighted by Crippen LogP contribution is -2.58. The van der Waals surface area contributed by atoms with Gasteiger partial charge >= 0.3 is 0 Å². The number of methoxy groups -OCH3 is 2. The van der Waals surface area contributed by atoms with Gasteiger partial charge in [-0.3, -0.25) is 10.1 Å². The zero-order valence-corrected chi connectivity index (χ0v) is 16.5. The van der Waals surface area contributed by atoms with Crippen molar-refractivity contribution < 1.29 is 19.1 Å². The Morgan fingerprint density at radius 2 is 1.86 bits per heavy atom. The number of rotatable bonds is 3. The van der Waals surface area contributed by atoms with Crippen LogP contribution in [0.3, 0.4) is 0 Å². The van der Waals surface area contributed by atoms with Gasteiger partial charge in [0, 0.05) is 18.7 Å². The van der Waals surface area contributed by atoms with Crippen LogP contribution in [0.25, 0.3) is 6.08 Å². The van der Waals surface area contributed by atoms with E-state index in [2.05, 4.69) is 24.8 Å². The zero-order chi connectivity index (χ0) is 20.3. The molecule has 146 valence electrons. The summed E-state index contributed by atoms with van der Waals surface area (Å²) in [6, 6.07) is 8.85. The van der Waals surface area contributed by atoms with Crippen LogP contribution < -0.4 is 19.1 Å². The summed E-state index contributed by atoms with van der Waals surface area (Å²) in [5.41, 5.74) is 1.38. The molecule has 7 heteroatoms. The molecule has 2 aromatic rings. The van der Waals surface area contributed by atoms with Gasteiger partial charge in [0.1, 0.15) is 5.75 Å². The summed E-state index contributed by atoms with van der Waals surface area (Å²) in [6.07, 6.45) is 3.82. The van der Waals surface area contributed by atoms with E-state index in [0.717, 1.165) is 17.0 Å². The second-order valence-corrected chi connectivity index (χ2v) is 7.50. The predicted molar refractivity (Wildman–Crippen MR) is 106 cm³/mol. The van der Waals surface area contributed by atoms with Crippen LogP contribution in [0.2, 0.25) is 0 Å². The molecule has 7 nitrogen and oxygen atoms in total. The van der Waals surface area contributed by atoms with Gasteiger partial charge < -0.3 is 19.1 Å². The van der Waals surface area contributed by atoms with Gasteiger partial charge in [0.2, 0.25) is 5.72 Å². The number of ether oxygens (including phenoxy) is 3. The van der Waals surface area contributed by atoms with E-state index in [4.69, 9.17) is 14.2 Å². The molecule has 4 rings (SSSR count). The highest BCUT2D eigenvalue weighted by Crippen LogP contribution is 2.58. The van der Waals surface area contributed by atoms with E-state index < -0.39 is 16.1 Å². The second-order valence-electron chi connectivity index (χ2n) is 7.50. The Hall–Kier alpha value is -3.22.